The molecule has 0 amide bonds. The highest BCUT2D eigenvalue weighted by atomic mass is 14.9. The van der Waals surface area contributed by atoms with Crippen LogP contribution < -0.4 is 0 Å². The standard InChI is InChI=1S/C30H29N/c1-18-10-6-7-11-20(18)22-15-24-25-16-23-21-12-8-9-13-26(21)30(3,4)27(23)17-29(25)31(5)28(24)14-19(22)2/h6-8,10-12,14-17H,9,13H2,1-5H3. The Hall–Kier alpha value is -3.06. The smallest absolute Gasteiger partial charge is 0.0492 e. The van der Waals surface area contributed by atoms with Crippen LogP contribution in [-0.2, 0) is 12.5 Å². The maximum atomic E-state index is 2.48. The number of benzene rings is 3. The lowest BCUT2D eigenvalue weighted by Gasteiger charge is -2.25. The summed E-state index contributed by atoms with van der Waals surface area (Å²) in [5.74, 6) is 0. The van der Waals surface area contributed by atoms with Gasteiger partial charge in [-0.2, -0.15) is 0 Å². The molecule has 3 aromatic carbocycles. The monoisotopic (exact) mass is 403 g/mol. The predicted molar refractivity (Wildman–Crippen MR) is 134 cm³/mol. The van der Waals surface area contributed by atoms with Crippen LogP contribution in [0.3, 0.4) is 0 Å². The lowest BCUT2D eigenvalue weighted by atomic mass is 9.78. The molecule has 1 heterocycles. The molecule has 1 nitrogen and oxygen atoms in total. The van der Waals surface area contributed by atoms with Crippen molar-refractivity contribution in [3.8, 4) is 11.1 Å². The maximum absolute atomic E-state index is 2.48. The molecule has 1 heteroatoms. The number of hydrogen-bond acceptors (Lipinski definition) is 0. The highest BCUT2D eigenvalue weighted by Crippen LogP contribution is 2.51. The minimum absolute atomic E-state index is 0.113. The predicted octanol–water partition coefficient (Wildman–Crippen LogP) is 8.01. The van der Waals surface area contributed by atoms with E-state index in [1.165, 1.54) is 67.2 Å². The molecule has 0 saturated heterocycles. The van der Waals surface area contributed by atoms with Crippen molar-refractivity contribution in [2.24, 2.45) is 7.05 Å². The summed E-state index contributed by atoms with van der Waals surface area (Å²) in [6, 6.07) is 18.5. The molecule has 154 valence electrons. The summed E-state index contributed by atoms with van der Waals surface area (Å²) in [6.07, 6.45) is 7.06. The molecule has 0 N–H and O–H groups in total. The molecule has 0 saturated carbocycles. The van der Waals surface area contributed by atoms with E-state index in [0.717, 1.165) is 6.42 Å². The molecule has 0 fully saturated rings. The van der Waals surface area contributed by atoms with E-state index in [2.05, 4.69) is 100.0 Å². The lowest BCUT2D eigenvalue weighted by Crippen LogP contribution is -2.17. The molecule has 2 aliphatic carbocycles. The number of nitrogens with zero attached hydrogens (tertiary/aromatic N) is 1. The first kappa shape index (κ1) is 18.7. The van der Waals surface area contributed by atoms with Crippen molar-refractivity contribution in [1.82, 2.24) is 4.57 Å². The van der Waals surface area contributed by atoms with Gasteiger partial charge in [-0.3, -0.25) is 0 Å². The first-order valence-electron chi connectivity index (χ1n) is 11.4. The fourth-order valence-corrected chi connectivity index (χ4v) is 6.03. The van der Waals surface area contributed by atoms with Gasteiger partial charge in [0.1, 0.15) is 0 Å². The molecule has 0 atom stereocenters. The molecule has 0 bridgehead atoms. The lowest BCUT2D eigenvalue weighted by molar-refractivity contribution is 0.608. The zero-order valence-electron chi connectivity index (χ0n) is 19.1. The second kappa shape index (κ2) is 6.23. The molecule has 1 aromatic heterocycles. The van der Waals surface area contributed by atoms with Crippen molar-refractivity contribution < 1.29 is 0 Å². The van der Waals surface area contributed by atoms with Gasteiger partial charge in [0, 0.05) is 34.3 Å². The average Bonchev–Trinajstić information content (AvgIpc) is 3.16. The maximum Gasteiger partial charge on any atom is 0.0492 e. The minimum atomic E-state index is 0.113. The zero-order valence-corrected chi connectivity index (χ0v) is 19.1. The third kappa shape index (κ3) is 2.44. The Kier molecular flexibility index (Phi) is 3.76. The Morgan fingerprint density at radius 3 is 2.29 bits per heavy atom. The van der Waals surface area contributed by atoms with E-state index in [1.807, 2.05) is 0 Å². The zero-order chi connectivity index (χ0) is 21.5. The molecule has 0 spiro atoms. The molecular formula is C30H29N. The van der Waals surface area contributed by atoms with Crippen molar-refractivity contribution in [3.05, 3.63) is 88.5 Å². The third-order valence-electron chi connectivity index (χ3n) is 7.82. The van der Waals surface area contributed by atoms with Crippen molar-refractivity contribution >= 4 is 27.4 Å². The number of hydrogen-bond donors (Lipinski definition) is 0. The van der Waals surface area contributed by atoms with Crippen molar-refractivity contribution in [3.63, 3.8) is 0 Å². The Balaban J connectivity index is 1.69. The first-order chi connectivity index (χ1) is 14.9. The highest BCUT2D eigenvalue weighted by molar-refractivity contribution is 6.11. The van der Waals surface area contributed by atoms with Crippen molar-refractivity contribution in [2.45, 2.75) is 46.0 Å². The van der Waals surface area contributed by atoms with Gasteiger partial charge < -0.3 is 4.57 Å². The highest BCUT2D eigenvalue weighted by Gasteiger charge is 2.37. The van der Waals surface area contributed by atoms with Crippen LogP contribution in [-0.4, -0.2) is 4.57 Å². The number of rotatable bonds is 1. The van der Waals surface area contributed by atoms with Gasteiger partial charge in [-0.1, -0.05) is 55.8 Å². The van der Waals surface area contributed by atoms with Gasteiger partial charge in [-0.25, -0.2) is 0 Å². The fourth-order valence-electron chi connectivity index (χ4n) is 6.03. The quantitative estimate of drug-likeness (QED) is 0.303. The van der Waals surface area contributed by atoms with Crippen molar-refractivity contribution in [2.75, 3.05) is 0 Å². The fraction of sp³-hybridized carbons (Fsp3) is 0.267. The van der Waals surface area contributed by atoms with Gasteiger partial charge in [0.15, 0.2) is 0 Å². The van der Waals surface area contributed by atoms with Gasteiger partial charge in [-0.15, -0.1) is 0 Å². The summed E-state index contributed by atoms with van der Waals surface area (Å²) in [5.41, 5.74) is 14.1. The van der Waals surface area contributed by atoms with E-state index in [0.29, 0.717) is 0 Å². The van der Waals surface area contributed by atoms with E-state index in [9.17, 15) is 0 Å². The normalized spacial score (nSPS) is 16.9. The van der Waals surface area contributed by atoms with Gasteiger partial charge in [-0.05, 0) is 89.9 Å². The number of allylic oxidation sites excluding steroid dienone is 4. The van der Waals surface area contributed by atoms with Gasteiger partial charge in [0.05, 0.1) is 0 Å². The SMILES string of the molecule is Cc1ccccc1-c1cc2c3cc4c(cc3n(C)c2cc1C)C(C)(C)C1=C4C=CCC1. The second-order valence-electron chi connectivity index (χ2n) is 9.93. The van der Waals surface area contributed by atoms with Crippen LogP contribution in [0.4, 0.5) is 0 Å². The van der Waals surface area contributed by atoms with E-state index >= 15 is 0 Å². The van der Waals surface area contributed by atoms with Crippen LogP contribution in [0.15, 0.2) is 66.3 Å². The summed E-state index contributed by atoms with van der Waals surface area (Å²) in [7, 11) is 2.22. The number of fused-ring (bicyclic) bond motifs is 5. The van der Waals surface area contributed by atoms with Crippen LogP contribution in [0, 0.1) is 13.8 Å². The molecule has 6 rings (SSSR count). The number of aromatic nitrogens is 1. The molecule has 0 aliphatic heterocycles. The van der Waals surface area contributed by atoms with E-state index < -0.39 is 0 Å². The van der Waals surface area contributed by atoms with E-state index in [1.54, 1.807) is 5.57 Å². The van der Waals surface area contributed by atoms with Gasteiger partial charge in [0.2, 0.25) is 0 Å². The molecule has 31 heavy (non-hydrogen) atoms. The van der Waals surface area contributed by atoms with E-state index in [4.69, 9.17) is 0 Å². The molecule has 0 unspecified atom stereocenters. The summed E-state index contributed by atoms with van der Waals surface area (Å²) >= 11 is 0. The Bertz CT molecular complexity index is 1470. The topological polar surface area (TPSA) is 4.93 Å². The van der Waals surface area contributed by atoms with Crippen LogP contribution in [0.2, 0.25) is 0 Å². The van der Waals surface area contributed by atoms with Gasteiger partial charge >= 0.3 is 0 Å². The Morgan fingerprint density at radius 2 is 1.52 bits per heavy atom. The van der Waals surface area contributed by atoms with Crippen LogP contribution in [0.25, 0.3) is 38.5 Å². The molecular weight excluding hydrogens is 374 g/mol. The van der Waals surface area contributed by atoms with Crippen LogP contribution in [0.5, 0.6) is 0 Å². The van der Waals surface area contributed by atoms with Gasteiger partial charge in [0.25, 0.3) is 0 Å². The molecule has 2 aliphatic rings. The molecule has 0 radical (unpaired) electrons. The summed E-state index contributed by atoms with van der Waals surface area (Å²) in [5, 5.41) is 2.73. The number of aryl methyl sites for hydroxylation is 3. The summed E-state index contributed by atoms with van der Waals surface area (Å²) in [6.45, 7) is 9.26. The van der Waals surface area contributed by atoms with Crippen LogP contribution in [0.1, 0.15) is 48.9 Å². The first-order valence-corrected chi connectivity index (χ1v) is 11.4. The molecule has 4 aromatic rings. The summed E-state index contributed by atoms with van der Waals surface area (Å²) in [4.78, 5) is 0. The van der Waals surface area contributed by atoms with Crippen molar-refractivity contribution in [1.29, 1.82) is 0 Å². The summed E-state index contributed by atoms with van der Waals surface area (Å²) < 4.78 is 2.39. The Morgan fingerprint density at radius 1 is 0.806 bits per heavy atom. The van der Waals surface area contributed by atoms with E-state index in [-0.39, 0.29) is 5.41 Å². The van der Waals surface area contributed by atoms with Crippen LogP contribution >= 0.6 is 0 Å². The largest absolute Gasteiger partial charge is 0.344 e. The average molecular weight is 404 g/mol. The third-order valence-corrected chi connectivity index (χ3v) is 7.82. The second-order valence-corrected chi connectivity index (χ2v) is 9.93. The Labute approximate surface area is 184 Å². The minimum Gasteiger partial charge on any atom is -0.344 e.